The molecule has 4 aromatic carbocycles. The van der Waals surface area contributed by atoms with Crippen molar-refractivity contribution in [3.63, 3.8) is 0 Å². The van der Waals surface area contributed by atoms with Crippen LogP contribution in [-0.2, 0) is 19.6 Å². The first kappa shape index (κ1) is 21.4. The molecule has 7 rings (SSSR count). The highest BCUT2D eigenvalue weighted by Gasteiger charge is 2.27. The van der Waals surface area contributed by atoms with Crippen LogP contribution in [0.5, 0.6) is 0 Å². The van der Waals surface area contributed by atoms with Crippen LogP contribution in [0.2, 0.25) is 0 Å². The third-order valence-corrected chi connectivity index (χ3v) is 7.74. The van der Waals surface area contributed by atoms with E-state index in [0.717, 1.165) is 65.4 Å². The SMILES string of the molecule is CCn1c2cc(F)ccc2c2c3c4ccc(F)cc4n(CC)c3c3c(c4ccc(F)cc4n3CC)c21. The number of aromatic nitrogens is 3. The summed E-state index contributed by atoms with van der Waals surface area (Å²) < 4.78 is 50.0. The fourth-order valence-electron chi connectivity index (χ4n) is 6.45. The van der Waals surface area contributed by atoms with E-state index < -0.39 is 0 Å². The van der Waals surface area contributed by atoms with Crippen molar-refractivity contribution in [2.75, 3.05) is 0 Å². The molecule has 0 aliphatic heterocycles. The van der Waals surface area contributed by atoms with Crippen LogP contribution in [0.1, 0.15) is 20.8 Å². The van der Waals surface area contributed by atoms with Gasteiger partial charge in [-0.25, -0.2) is 13.2 Å². The van der Waals surface area contributed by atoms with Gasteiger partial charge in [-0.3, -0.25) is 0 Å². The lowest BCUT2D eigenvalue weighted by Crippen LogP contribution is -2.00. The van der Waals surface area contributed by atoms with Crippen molar-refractivity contribution in [3.05, 3.63) is 72.0 Å². The van der Waals surface area contributed by atoms with Gasteiger partial charge in [0.15, 0.2) is 0 Å². The highest BCUT2D eigenvalue weighted by atomic mass is 19.1. The molecule has 0 aliphatic rings. The molecule has 3 aromatic heterocycles. The Morgan fingerprint density at radius 3 is 1.22 bits per heavy atom. The number of benzene rings is 4. The molecule has 180 valence electrons. The van der Waals surface area contributed by atoms with Crippen molar-refractivity contribution in [1.82, 2.24) is 13.7 Å². The van der Waals surface area contributed by atoms with Crippen LogP contribution >= 0.6 is 0 Å². The van der Waals surface area contributed by atoms with Crippen molar-refractivity contribution in [2.45, 2.75) is 40.4 Å². The molecule has 0 unspecified atom stereocenters. The van der Waals surface area contributed by atoms with Crippen LogP contribution in [0.3, 0.4) is 0 Å². The molecule has 0 bridgehead atoms. The zero-order valence-electron chi connectivity index (χ0n) is 20.3. The number of halogens is 3. The molecule has 3 heterocycles. The second-order valence-corrected chi connectivity index (χ2v) is 9.39. The average Bonchev–Trinajstić information content (AvgIpc) is 3.47. The van der Waals surface area contributed by atoms with Crippen LogP contribution < -0.4 is 0 Å². The lowest BCUT2D eigenvalue weighted by atomic mass is 10.0. The van der Waals surface area contributed by atoms with Gasteiger partial charge in [0, 0.05) is 52.0 Å². The topological polar surface area (TPSA) is 14.8 Å². The number of hydrogen-bond donors (Lipinski definition) is 0. The fourth-order valence-corrected chi connectivity index (χ4v) is 6.45. The summed E-state index contributed by atoms with van der Waals surface area (Å²) in [5, 5.41) is 5.94. The van der Waals surface area contributed by atoms with Crippen LogP contribution in [-0.4, -0.2) is 13.7 Å². The lowest BCUT2D eigenvalue weighted by Gasteiger charge is -2.11. The molecular weight excluding hydrogens is 459 g/mol. The highest BCUT2D eigenvalue weighted by molar-refractivity contribution is 6.39. The standard InChI is InChI=1S/C30H24F3N3/c1-4-34-22-13-16(31)7-10-19(22)25-26-20-11-8-17(32)14-23(20)35(5-2)29(26)30-27(28(25)34)21-12-9-18(33)15-24(21)36(30)6-3/h7-15H,4-6H2,1-3H3. The van der Waals surface area contributed by atoms with Gasteiger partial charge in [-0.2, -0.15) is 0 Å². The normalized spacial score (nSPS) is 12.5. The second-order valence-electron chi connectivity index (χ2n) is 9.39. The Morgan fingerprint density at radius 2 is 0.806 bits per heavy atom. The van der Waals surface area contributed by atoms with Gasteiger partial charge in [0.1, 0.15) is 17.5 Å². The van der Waals surface area contributed by atoms with Crippen LogP contribution in [0.4, 0.5) is 13.2 Å². The van der Waals surface area contributed by atoms with E-state index in [0.29, 0.717) is 19.6 Å². The van der Waals surface area contributed by atoms with E-state index in [4.69, 9.17) is 0 Å². The van der Waals surface area contributed by atoms with E-state index in [1.807, 2.05) is 18.2 Å². The first-order valence-electron chi connectivity index (χ1n) is 12.4. The lowest BCUT2D eigenvalue weighted by molar-refractivity contribution is 0.628. The molecule has 0 atom stereocenters. The van der Waals surface area contributed by atoms with Gasteiger partial charge in [0.25, 0.3) is 0 Å². The van der Waals surface area contributed by atoms with Gasteiger partial charge in [0.05, 0.1) is 33.1 Å². The van der Waals surface area contributed by atoms with E-state index in [1.165, 1.54) is 18.2 Å². The molecule has 0 saturated heterocycles. The van der Waals surface area contributed by atoms with E-state index in [9.17, 15) is 13.2 Å². The monoisotopic (exact) mass is 483 g/mol. The largest absolute Gasteiger partial charge is 0.340 e. The van der Waals surface area contributed by atoms with Crippen LogP contribution in [0, 0.1) is 17.5 Å². The van der Waals surface area contributed by atoms with Gasteiger partial charge in [0.2, 0.25) is 0 Å². The highest BCUT2D eigenvalue weighted by Crippen LogP contribution is 2.48. The maximum absolute atomic E-state index is 14.5. The Labute approximate surface area is 204 Å². The molecule has 7 aromatic rings. The third kappa shape index (κ3) is 2.49. The number of rotatable bonds is 3. The number of hydrogen-bond acceptors (Lipinski definition) is 0. The molecule has 0 radical (unpaired) electrons. The third-order valence-electron chi connectivity index (χ3n) is 7.74. The van der Waals surface area contributed by atoms with E-state index in [1.54, 1.807) is 18.2 Å². The smallest absolute Gasteiger partial charge is 0.125 e. The van der Waals surface area contributed by atoms with Gasteiger partial charge >= 0.3 is 0 Å². The summed E-state index contributed by atoms with van der Waals surface area (Å²) >= 11 is 0. The number of fused-ring (bicyclic) bond motifs is 12. The second kappa shape index (κ2) is 7.29. The van der Waals surface area contributed by atoms with Crippen molar-refractivity contribution in [2.24, 2.45) is 0 Å². The molecule has 36 heavy (non-hydrogen) atoms. The summed E-state index contributed by atoms with van der Waals surface area (Å²) in [6.07, 6.45) is 0. The molecule has 0 saturated carbocycles. The predicted molar refractivity (Wildman–Crippen MR) is 142 cm³/mol. The molecule has 0 aliphatic carbocycles. The zero-order valence-corrected chi connectivity index (χ0v) is 20.3. The maximum Gasteiger partial charge on any atom is 0.125 e. The Morgan fingerprint density at radius 1 is 0.472 bits per heavy atom. The minimum atomic E-state index is -0.288. The quantitative estimate of drug-likeness (QED) is 0.239. The summed E-state index contributed by atoms with van der Waals surface area (Å²) in [6, 6.07) is 14.8. The van der Waals surface area contributed by atoms with Crippen LogP contribution in [0.15, 0.2) is 54.6 Å². The van der Waals surface area contributed by atoms with Crippen molar-refractivity contribution < 1.29 is 13.2 Å². The molecule has 0 fully saturated rings. The van der Waals surface area contributed by atoms with Gasteiger partial charge in [-0.1, -0.05) is 0 Å². The summed E-state index contributed by atoms with van der Waals surface area (Å²) in [5.74, 6) is -0.865. The number of nitrogens with zero attached hydrogens (tertiary/aromatic N) is 3. The van der Waals surface area contributed by atoms with Gasteiger partial charge in [-0.15, -0.1) is 0 Å². The zero-order chi connectivity index (χ0) is 24.9. The van der Waals surface area contributed by atoms with Crippen molar-refractivity contribution >= 4 is 65.4 Å². The molecule has 0 spiro atoms. The first-order valence-corrected chi connectivity index (χ1v) is 12.4. The van der Waals surface area contributed by atoms with Gasteiger partial charge in [-0.05, 0) is 75.4 Å². The fraction of sp³-hybridized carbons (Fsp3) is 0.200. The molecular formula is C30H24F3N3. The Kier molecular flexibility index (Phi) is 4.33. The van der Waals surface area contributed by atoms with E-state index >= 15 is 0 Å². The van der Waals surface area contributed by atoms with E-state index in [-0.39, 0.29) is 17.5 Å². The Hall–Kier alpha value is -3.93. The van der Waals surface area contributed by atoms with E-state index in [2.05, 4.69) is 34.5 Å². The van der Waals surface area contributed by atoms with Crippen molar-refractivity contribution in [3.8, 4) is 0 Å². The maximum atomic E-state index is 14.5. The number of aryl methyl sites for hydroxylation is 3. The first-order chi connectivity index (χ1) is 17.5. The molecule has 6 heteroatoms. The molecule has 3 nitrogen and oxygen atoms in total. The van der Waals surface area contributed by atoms with Crippen LogP contribution in [0.25, 0.3) is 65.4 Å². The minimum absolute atomic E-state index is 0.288. The minimum Gasteiger partial charge on any atom is -0.340 e. The summed E-state index contributed by atoms with van der Waals surface area (Å²) in [4.78, 5) is 0. The summed E-state index contributed by atoms with van der Waals surface area (Å²) in [5.41, 5.74) is 5.46. The predicted octanol–water partition coefficient (Wildman–Crippen LogP) is 8.49. The summed E-state index contributed by atoms with van der Waals surface area (Å²) in [6.45, 7) is 8.11. The van der Waals surface area contributed by atoms with Gasteiger partial charge < -0.3 is 13.7 Å². The molecule has 0 amide bonds. The molecule has 0 N–H and O–H groups in total. The van der Waals surface area contributed by atoms with Crippen molar-refractivity contribution in [1.29, 1.82) is 0 Å². The Balaban J connectivity index is 1.97. The Bertz CT molecular complexity index is 2040. The average molecular weight is 484 g/mol. The summed E-state index contributed by atoms with van der Waals surface area (Å²) in [7, 11) is 0.